The molecule has 1 aliphatic carbocycles. The molecule has 1 aromatic carbocycles. The SMILES string of the molecule is O=C(NCc1ccc(F)cc1)c1cc2sccc2n1CC1CCC1. The van der Waals surface area contributed by atoms with Crippen LogP contribution in [0.1, 0.15) is 35.3 Å². The Hall–Kier alpha value is -2.14. The minimum atomic E-state index is -0.264. The average Bonchev–Trinajstić information content (AvgIpc) is 3.11. The van der Waals surface area contributed by atoms with Crippen molar-refractivity contribution in [2.24, 2.45) is 5.92 Å². The molecule has 0 unspecified atom stereocenters. The van der Waals surface area contributed by atoms with Gasteiger partial charge in [-0.05, 0) is 54.0 Å². The van der Waals surface area contributed by atoms with Gasteiger partial charge in [-0.15, -0.1) is 11.3 Å². The molecule has 3 aromatic rings. The Morgan fingerprint density at radius 1 is 1.25 bits per heavy atom. The van der Waals surface area contributed by atoms with Crippen molar-refractivity contribution < 1.29 is 9.18 Å². The number of thiophene rings is 1. The minimum absolute atomic E-state index is 0.0675. The standard InChI is InChI=1S/C19H19FN2OS/c20-15-6-4-13(5-7-15)11-21-19(23)17-10-18-16(8-9-24-18)22(17)12-14-2-1-3-14/h4-10,14H,1-3,11-12H2,(H,21,23). The fourth-order valence-electron chi connectivity index (χ4n) is 3.17. The van der Waals surface area contributed by atoms with Gasteiger partial charge in [0.15, 0.2) is 0 Å². The van der Waals surface area contributed by atoms with E-state index in [0.717, 1.165) is 28.0 Å². The van der Waals surface area contributed by atoms with E-state index >= 15 is 0 Å². The molecule has 4 rings (SSSR count). The molecule has 124 valence electrons. The van der Waals surface area contributed by atoms with Crippen molar-refractivity contribution in [3.63, 3.8) is 0 Å². The Morgan fingerprint density at radius 3 is 2.75 bits per heavy atom. The van der Waals surface area contributed by atoms with Crippen molar-refractivity contribution in [2.75, 3.05) is 0 Å². The van der Waals surface area contributed by atoms with Gasteiger partial charge in [0.25, 0.3) is 5.91 Å². The third-order valence-electron chi connectivity index (χ3n) is 4.79. The van der Waals surface area contributed by atoms with E-state index in [2.05, 4.69) is 21.3 Å². The molecule has 3 nitrogen and oxygen atoms in total. The van der Waals surface area contributed by atoms with Crippen molar-refractivity contribution in [2.45, 2.75) is 32.4 Å². The zero-order valence-electron chi connectivity index (χ0n) is 13.3. The fraction of sp³-hybridized carbons (Fsp3) is 0.316. The number of nitrogens with zero attached hydrogens (tertiary/aromatic N) is 1. The molecule has 5 heteroatoms. The van der Waals surface area contributed by atoms with Gasteiger partial charge in [-0.3, -0.25) is 4.79 Å². The van der Waals surface area contributed by atoms with Crippen LogP contribution in [0.4, 0.5) is 4.39 Å². The number of rotatable bonds is 5. The first-order valence-corrected chi connectivity index (χ1v) is 9.18. The second-order valence-corrected chi connectivity index (χ2v) is 7.36. The lowest BCUT2D eigenvalue weighted by atomic mass is 9.85. The topological polar surface area (TPSA) is 34.0 Å². The molecule has 0 radical (unpaired) electrons. The van der Waals surface area contributed by atoms with E-state index in [0.29, 0.717) is 12.5 Å². The predicted octanol–water partition coefficient (Wildman–Crippen LogP) is 4.57. The number of hydrogen-bond donors (Lipinski definition) is 1. The van der Waals surface area contributed by atoms with Gasteiger partial charge in [-0.1, -0.05) is 18.6 Å². The third kappa shape index (κ3) is 2.96. The molecule has 0 bridgehead atoms. The highest BCUT2D eigenvalue weighted by molar-refractivity contribution is 7.17. The maximum absolute atomic E-state index is 13.0. The molecule has 2 aromatic heterocycles. The lowest BCUT2D eigenvalue weighted by Crippen LogP contribution is -2.27. The van der Waals surface area contributed by atoms with Crippen LogP contribution in [-0.2, 0) is 13.1 Å². The van der Waals surface area contributed by atoms with Crippen LogP contribution in [0.15, 0.2) is 41.8 Å². The Balaban J connectivity index is 1.53. The Bertz CT molecular complexity index is 861. The van der Waals surface area contributed by atoms with Crippen LogP contribution in [0.5, 0.6) is 0 Å². The number of carbonyl (C=O) groups is 1. The molecule has 2 heterocycles. The molecule has 0 saturated heterocycles. The summed E-state index contributed by atoms with van der Waals surface area (Å²) in [7, 11) is 0. The smallest absolute Gasteiger partial charge is 0.268 e. The summed E-state index contributed by atoms with van der Waals surface area (Å²) < 4.78 is 16.3. The Labute approximate surface area is 144 Å². The lowest BCUT2D eigenvalue weighted by Gasteiger charge is -2.26. The summed E-state index contributed by atoms with van der Waals surface area (Å²) in [6.07, 6.45) is 3.80. The average molecular weight is 342 g/mol. The van der Waals surface area contributed by atoms with Crippen LogP contribution in [0, 0.1) is 11.7 Å². The fourth-order valence-corrected chi connectivity index (χ4v) is 3.99. The normalized spacial score (nSPS) is 14.7. The van der Waals surface area contributed by atoms with Crippen LogP contribution in [0.3, 0.4) is 0 Å². The van der Waals surface area contributed by atoms with Crippen molar-refractivity contribution in [1.29, 1.82) is 0 Å². The van der Waals surface area contributed by atoms with Gasteiger partial charge in [0.2, 0.25) is 0 Å². The van der Waals surface area contributed by atoms with Crippen molar-refractivity contribution >= 4 is 27.5 Å². The molecular weight excluding hydrogens is 323 g/mol. The highest BCUT2D eigenvalue weighted by Crippen LogP contribution is 2.32. The first-order chi connectivity index (χ1) is 11.7. The van der Waals surface area contributed by atoms with E-state index < -0.39 is 0 Å². The van der Waals surface area contributed by atoms with Gasteiger partial charge in [0.1, 0.15) is 11.5 Å². The maximum Gasteiger partial charge on any atom is 0.268 e. The number of halogens is 1. The molecule has 1 aliphatic rings. The van der Waals surface area contributed by atoms with E-state index in [1.165, 1.54) is 31.4 Å². The largest absolute Gasteiger partial charge is 0.347 e. The number of benzene rings is 1. The van der Waals surface area contributed by atoms with Crippen molar-refractivity contribution in [1.82, 2.24) is 9.88 Å². The van der Waals surface area contributed by atoms with Crippen LogP contribution in [0.25, 0.3) is 10.2 Å². The van der Waals surface area contributed by atoms with Gasteiger partial charge in [-0.25, -0.2) is 4.39 Å². The minimum Gasteiger partial charge on any atom is -0.347 e. The summed E-state index contributed by atoms with van der Waals surface area (Å²) in [5.41, 5.74) is 2.77. The van der Waals surface area contributed by atoms with E-state index in [4.69, 9.17) is 0 Å². The van der Waals surface area contributed by atoms with Gasteiger partial charge in [-0.2, -0.15) is 0 Å². The highest BCUT2D eigenvalue weighted by Gasteiger charge is 2.22. The summed E-state index contributed by atoms with van der Waals surface area (Å²) in [6, 6.07) is 10.3. The van der Waals surface area contributed by atoms with Crippen LogP contribution < -0.4 is 5.32 Å². The second kappa shape index (κ2) is 6.40. The van der Waals surface area contributed by atoms with E-state index in [1.54, 1.807) is 23.5 Å². The van der Waals surface area contributed by atoms with Crippen molar-refractivity contribution in [3.05, 3.63) is 58.9 Å². The van der Waals surface area contributed by atoms with Crippen LogP contribution in [0.2, 0.25) is 0 Å². The summed E-state index contributed by atoms with van der Waals surface area (Å²) >= 11 is 1.67. The van der Waals surface area contributed by atoms with Gasteiger partial charge < -0.3 is 9.88 Å². The molecule has 0 atom stereocenters. The van der Waals surface area contributed by atoms with Crippen LogP contribution >= 0.6 is 11.3 Å². The Kier molecular flexibility index (Phi) is 4.10. The van der Waals surface area contributed by atoms with Gasteiger partial charge in [0, 0.05) is 13.1 Å². The Morgan fingerprint density at radius 2 is 2.04 bits per heavy atom. The van der Waals surface area contributed by atoms with Gasteiger partial charge >= 0.3 is 0 Å². The quantitative estimate of drug-likeness (QED) is 0.724. The summed E-state index contributed by atoms with van der Waals surface area (Å²) in [6.45, 7) is 1.32. The molecule has 0 spiro atoms. The monoisotopic (exact) mass is 342 g/mol. The first-order valence-electron chi connectivity index (χ1n) is 8.30. The van der Waals surface area contributed by atoms with Crippen LogP contribution in [-0.4, -0.2) is 10.5 Å². The predicted molar refractivity (Wildman–Crippen MR) is 94.7 cm³/mol. The summed E-state index contributed by atoms with van der Waals surface area (Å²) in [5.74, 6) is 0.353. The number of fused-ring (bicyclic) bond motifs is 1. The first kappa shape index (κ1) is 15.4. The molecule has 1 amide bonds. The van der Waals surface area contributed by atoms with Crippen molar-refractivity contribution in [3.8, 4) is 0 Å². The highest BCUT2D eigenvalue weighted by atomic mass is 32.1. The van der Waals surface area contributed by atoms with E-state index in [1.807, 2.05) is 6.07 Å². The third-order valence-corrected chi connectivity index (χ3v) is 5.64. The summed E-state index contributed by atoms with van der Waals surface area (Å²) in [5, 5.41) is 5.03. The number of amides is 1. The number of nitrogens with one attached hydrogen (secondary N) is 1. The lowest BCUT2D eigenvalue weighted by molar-refractivity contribution is 0.0939. The molecule has 0 aliphatic heterocycles. The number of hydrogen-bond acceptors (Lipinski definition) is 2. The second-order valence-electron chi connectivity index (χ2n) is 6.42. The summed E-state index contributed by atoms with van der Waals surface area (Å²) in [4.78, 5) is 12.7. The zero-order valence-corrected chi connectivity index (χ0v) is 14.1. The van der Waals surface area contributed by atoms with E-state index in [9.17, 15) is 9.18 Å². The van der Waals surface area contributed by atoms with E-state index in [-0.39, 0.29) is 11.7 Å². The molecule has 24 heavy (non-hydrogen) atoms. The van der Waals surface area contributed by atoms with Gasteiger partial charge in [0.05, 0.1) is 10.2 Å². The molecule has 1 fully saturated rings. The number of carbonyl (C=O) groups excluding carboxylic acids is 1. The maximum atomic E-state index is 13.0. The molecule has 1 saturated carbocycles. The zero-order chi connectivity index (χ0) is 16.5. The molecule has 1 N–H and O–H groups in total. The molecular formula is C19H19FN2OS. The number of aromatic nitrogens is 1.